The Morgan fingerprint density at radius 3 is 2.53 bits per heavy atom. The third-order valence-corrected chi connectivity index (χ3v) is 2.73. The van der Waals surface area contributed by atoms with E-state index in [4.69, 9.17) is 0 Å². The van der Waals surface area contributed by atoms with E-state index >= 15 is 0 Å². The average molecular weight is 256 g/mol. The number of amides is 2. The molecule has 0 radical (unpaired) electrons. The number of hydrogen-bond acceptors (Lipinski definition) is 2. The molecule has 4 heteroatoms. The Labute approximate surface area is 112 Å². The fourth-order valence-electron chi connectivity index (χ4n) is 1.80. The topological polar surface area (TPSA) is 61.4 Å². The molecule has 0 aliphatic carbocycles. The molecule has 4 nitrogen and oxygen atoms in total. The van der Waals surface area contributed by atoms with Crippen molar-refractivity contribution in [3.05, 3.63) is 53.6 Å². The summed E-state index contributed by atoms with van der Waals surface area (Å²) in [5.74, 6) is 0.183. The summed E-state index contributed by atoms with van der Waals surface area (Å²) in [6.45, 7) is 3.79. The van der Waals surface area contributed by atoms with Gasteiger partial charge in [0.1, 0.15) is 5.75 Å². The van der Waals surface area contributed by atoms with Gasteiger partial charge in [0.2, 0.25) is 0 Å². The van der Waals surface area contributed by atoms with Crippen LogP contribution in [0.4, 0.5) is 16.2 Å². The van der Waals surface area contributed by atoms with Crippen LogP contribution in [0.2, 0.25) is 0 Å². The molecule has 2 aromatic rings. The standard InChI is InChI=1S/C15H16N2O2/c1-10-4-3-5-12(8-10)16-15(19)17-14-7-6-13(18)9-11(14)2/h3-9,18H,1-2H3,(H2,16,17,19). The van der Waals surface area contributed by atoms with Gasteiger partial charge in [-0.2, -0.15) is 0 Å². The number of phenols is 1. The second kappa shape index (κ2) is 5.44. The highest BCUT2D eigenvalue weighted by Crippen LogP contribution is 2.20. The Bertz CT molecular complexity index is 609. The van der Waals surface area contributed by atoms with Crippen molar-refractivity contribution in [2.45, 2.75) is 13.8 Å². The zero-order valence-corrected chi connectivity index (χ0v) is 10.9. The summed E-state index contributed by atoms with van der Waals surface area (Å²) < 4.78 is 0. The highest BCUT2D eigenvalue weighted by atomic mass is 16.3. The molecule has 0 fully saturated rings. The van der Waals surface area contributed by atoms with Crippen molar-refractivity contribution >= 4 is 17.4 Å². The molecule has 2 amide bonds. The summed E-state index contributed by atoms with van der Waals surface area (Å²) in [6.07, 6.45) is 0. The zero-order valence-electron chi connectivity index (χ0n) is 10.9. The van der Waals surface area contributed by atoms with Crippen LogP contribution in [-0.2, 0) is 0 Å². The fraction of sp³-hybridized carbons (Fsp3) is 0.133. The molecule has 2 aromatic carbocycles. The van der Waals surface area contributed by atoms with Crippen LogP contribution in [0.25, 0.3) is 0 Å². The van der Waals surface area contributed by atoms with E-state index in [1.54, 1.807) is 12.1 Å². The van der Waals surface area contributed by atoms with Gasteiger partial charge in [0, 0.05) is 11.4 Å². The molecule has 0 unspecified atom stereocenters. The molecule has 2 rings (SSSR count). The molecule has 19 heavy (non-hydrogen) atoms. The smallest absolute Gasteiger partial charge is 0.323 e. The molecule has 0 bridgehead atoms. The summed E-state index contributed by atoms with van der Waals surface area (Å²) in [5.41, 5.74) is 3.30. The van der Waals surface area contributed by atoms with Gasteiger partial charge < -0.3 is 15.7 Å². The largest absolute Gasteiger partial charge is 0.508 e. The molecule has 0 saturated heterocycles. The van der Waals surface area contributed by atoms with Crippen LogP contribution in [0.3, 0.4) is 0 Å². The monoisotopic (exact) mass is 256 g/mol. The van der Waals surface area contributed by atoms with Crippen molar-refractivity contribution in [3.8, 4) is 5.75 Å². The Kier molecular flexibility index (Phi) is 3.71. The lowest BCUT2D eigenvalue weighted by Crippen LogP contribution is -2.19. The van der Waals surface area contributed by atoms with Crippen LogP contribution >= 0.6 is 0 Å². The molecule has 0 aliphatic rings. The van der Waals surface area contributed by atoms with Crippen molar-refractivity contribution in [2.24, 2.45) is 0 Å². The number of rotatable bonds is 2. The van der Waals surface area contributed by atoms with Crippen molar-refractivity contribution in [1.29, 1.82) is 0 Å². The molecule has 0 saturated carbocycles. The highest BCUT2D eigenvalue weighted by Gasteiger charge is 2.05. The minimum absolute atomic E-state index is 0.183. The van der Waals surface area contributed by atoms with Crippen LogP contribution in [-0.4, -0.2) is 11.1 Å². The van der Waals surface area contributed by atoms with Crippen LogP contribution in [0, 0.1) is 13.8 Å². The predicted octanol–water partition coefficient (Wildman–Crippen LogP) is 3.65. The number of phenolic OH excluding ortho intramolecular Hbond substituents is 1. The Morgan fingerprint density at radius 2 is 1.84 bits per heavy atom. The number of aromatic hydroxyl groups is 1. The van der Waals surface area contributed by atoms with Gasteiger partial charge in [-0.25, -0.2) is 4.79 Å². The summed E-state index contributed by atoms with van der Waals surface area (Å²) >= 11 is 0. The summed E-state index contributed by atoms with van der Waals surface area (Å²) in [7, 11) is 0. The first-order chi connectivity index (χ1) is 9.04. The van der Waals surface area contributed by atoms with Gasteiger partial charge in [-0.15, -0.1) is 0 Å². The SMILES string of the molecule is Cc1cccc(NC(=O)Nc2ccc(O)cc2C)c1. The van der Waals surface area contributed by atoms with Crippen LogP contribution in [0.5, 0.6) is 5.75 Å². The van der Waals surface area contributed by atoms with Crippen molar-refractivity contribution in [2.75, 3.05) is 10.6 Å². The van der Waals surface area contributed by atoms with Crippen molar-refractivity contribution in [3.63, 3.8) is 0 Å². The third-order valence-electron chi connectivity index (χ3n) is 2.73. The first-order valence-electron chi connectivity index (χ1n) is 5.99. The number of anilines is 2. The van der Waals surface area contributed by atoms with Gasteiger partial charge in [0.15, 0.2) is 0 Å². The van der Waals surface area contributed by atoms with Gasteiger partial charge in [0.05, 0.1) is 0 Å². The van der Waals surface area contributed by atoms with E-state index in [2.05, 4.69) is 10.6 Å². The van der Waals surface area contributed by atoms with E-state index in [-0.39, 0.29) is 11.8 Å². The number of nitrogens with one attached hydrogen (secondary N) is 2. The fourth-order valence-corrected chi connectivity index (χ4v) is 1.80. The number of benzene rings is 2. The maximum Gasteiger partial charge on any atom is 0.323 e. The zero-order chi connectivity index (χ0) is 13.8. The van der Waals surface area contributed by atoms with E-state index in [9.17, 15) is 9.90 Å². The van der Waals surface area contributed by atoms with Crippen molar-refractivity contribution in [1.82, 2.24) is 0 Å². The molecule has 0 aromatic heterocycles. The molecule has 0 aliphatic heterocycles. The molecule has 3 N–H and O–H groups in total. The lowest BCUT2D eigenvalue weighted by atomic mass is 10.2. The highest BCUT2D eigenvalue weighted by molar-refractivity contribution is 6.00. The third kappa shape index (κ3) is 3.48. The quantitative estimate of drug-likeness (QED) is 0.718. The number of carbonyl (C=O) groups is 1. The van der Waals surface area contributed by atoms with E-state index in [1.807, 2.05) is 38.1 Å². The maximum absolute atomic E-state index is 11.8. The lowest BCUT2D eigenvalue weighted by molar-refractivity contribution is 0.262. The second-order valence-electron chi connectivity index (χ2n) is 4.45. The molecule has 0 heterocycles. The van der Waals surface area contributed by atoms with Gasteiger partial charge in [0.25, 0.3) is 0 Å². The lowest BCUT2D eigenvalue weighted by Gasteiger charge is -2.10. The molecule has 98 valence electrons. The summed E-state index contributed by atoms with van der Waals surface area (Å²) in [6, 6.07) is 12.1. The molecule has 0 spiro atoms. The summed E-state index contributed by atoms with van der Waals surface area (Å²) in [5, 5.41) is 14.8. The van der Waals surface area contributed by atoms with Crippen LogP contribution < -0.4 is 10.6 Å². The Hall–Kier alpha value is -2.49. The number of carbonyl (C=O) groups excluding carboxylic acids is 1. The first-order valence-corrected chi connectivity index (χ1v) is 5.99. The van der Waals surface area contributed by atoms with E-state index < -0.39 is 0 Å². The predicted molar refractivity (Wildman–Crippen MR) is 76.7 cm³/mol. The van der Waals surface area contributed by atoms with Crippen LogP contribution in [0.1, 0.15) is 11.1 Å². The Balaban J connectivity index is 2.05. The van der Waals surface area contributed by atoms with Gasteiger partial charge in [-0.1, -0.05) is 12.1 Å². The van der Waals surface area contributed by atoms with Gasteiger partial charge >= 0.3 is 6.03 Å². The first kappa shape index (κ1) is 13.0. The maximum atomic E-state index is 11.8. The van der Waals surface area contributed by atoms with Gasteiger partial charge in [-0.05, 0) is 55.3 Å². The molecule has 0 atom stereocenters. The average Bonchev–Trinajstić information content (AvgIpc) is 2.33. The van der Waals surface area contributed by atoms with Crippen molar-refractivity contribution < 1.29 is 9.90 Å². The summed E-state index contributed by atoms with van der Waals surface area (Å²) in [4.78, 5) is 11.8. The molecular weight excluding hydrogens is 240 g/mol. The number of aryl methyl sites for hydroxylation is 2. The van der Waals surface area contributed by atoms with Crippen LogP contribution in [0.15, 0.2) is 42.5 Å². The minimum Gasteiger partial charge on any atom is -0.508 e. The molecular formula is C15H16N2O2. The Morgan fingerprint density at radius 1 is 1.05 bits per heavy atom. The second-order valence-corrected chi connectivity index (χ2v) is 4.45. The number of urea groups is 1. The number of hydrogen-bond donors (Lipinski definition) is 3. The van der Waals surface area contributed by atoms with Gasteiger partial charge in [-0.3, -0.25) is 0 Å². The van der Waals surface area contributed by atoms with E-state index in [0.29, 0.717) is 5.69 Å². The normalized spacial score (nSPS) is 10.0. The minimum atomic E-state index is -0.306. The van der Waals surface area contributed by atoms with E-state index in [0.717, 1.165) is 16.8 Å². The van der Waals surface area contributed by atoms with E-state index in [1.165, 1.54) is 6.07 Å².